The first kappa shape index (κ1) is 17.3. The molecular formula is C17H13ClN6O2. The number of phenolic OH excluding ortho intramolecular Hbond substituents is 1. The summed E-state index contributed by atoms with van der Waals surface area (Å²) in [7, 11) is 0. The van der Waals surface area contributed by atoms with Gasteiger partial charge in [0.05, 0.1) is 17.5 Å². The van der Waals surface area contributed by atoms with Gasteiger partial charge in [0.15, 0.2) is 11.3 Å². The molecule has 0 unspecified atom stereocenters. The molecular weight excluding hydrogens is 356 g/mol. The number of H-pyrrole nitrogens is 1. The van der Waals surface area contributed by atoms with Crippen molar-refractivity contribution in [2.24, 2.45) is 0 Å². The van der Waals surface area contributed by atoms with E-state index < -0.39 is 0 Å². The third kappa shape index (κ3) is 3.17. The fourth-order valence-electron chi connectivity index (χ4n) is 2.38. The number of para-hydroxylation sites is 1. The number of amides is 1. The van der Waals surface area contributed by atoms with Gasteiger partial charge in [0.25, 0.3) is 5.91 Å². The standard InChI is InChI=1S/C17H12N6O2.ClH/c24-13-6-2-1-5-11(13)12-9-19-15-14(20-12)16(23-22-15)21-17(25)10-4-3-7-18-8-10;/h1-9,24H,(H2,19,21,22,23,25);1H. The Morgan fingerprint density at radius 1 is 1.12 bits per heavy atom. The molecule has 0 aliphatic carbocycles. The van der Waals surface area contributed by atoms with E-state index in [1.807, 2.05) is 0 Å². The highest BCUT2D eigenvalue weighted by Gasteiger charge is 2.15. The minimum atomic E-state index is -0.339. The average Bonchev–Trinajstić information content (AvgIpc) is 3.05. The van der Waals surface area contributed by atoms with Gasteiger partial charge in [-0.25, -0.2) is 9.97 Å². The lowest BCUT2D eigenvalue weighted by atomic mass is 10.1. The summed E-state index contributed by atoms with van der Waals surface area (Å²) in [5.41, 5.74) is 2.19. The summed E-state index contributed by atoms with van der Waals surface area (Å²) in [4.78, 5) is 24.9. The molecule has 3 heterocycles. The molecule has 26 heavy (non-hydrogen) atoms. The van der Waals surface area contributed by atoms with Crippen LogP contribution >= 0.6 is 12.4 Å². The topological polar surface area (TPSA) is 117 Å². The fourth-order valence-corrected chi connectivity index (χ4v) is 2.38. The SMILES string of the molecule is Cl.O=C(Nc1[nH]nc2ncc(-c3ccccc3O)nc12)c1cccnc1. The zero-order chi connectivity index (χ0) is 17.2. The molecule has 3 aromatic heterocycles. The summed E-state index contributed by atoms with van der Waals surface area (Å²) >= 11 is 0. The lowest BCUT2D eigenvalue weighted by Gasteiger charge is -2.04. The molecule has 8 nitrogen and oxygen atoms in total. The number of aromatic nitrogens is 5. The number of fused-ring (bicyclic) bond motifs is 1. The van der Waals surface area contributed by atoms with Crippen molar-refractivity contribution in [2.45, 2.75) is 0 Å². The van der Waals surface area contributed by atoms with Crippen LogP contribution in [0.15, 0.2) is 55.0 Å². The summed E-state index contributed by atoms with van der Waals surface area (Å²) in [6.07, 6.45) is 4.57. The molecule has 130 valence electrons. The van der Waals surface area contributed by atoms with Crippen molar-refractivity contribution in [3.8, 4) is 17.0 Å². The Labute approximate surface area is 153 Å². The van der Waals surface area contributed by atoms with Gasteiger partial charge in [-0.1, -0.05) is 12.1 Å². The van der Waals surface area contributed by atoms with E-state index in [4.69, 9.17) is 0 Å². The average molecular weight is 369 g/mol. The second-order valence-electron chi connectivity index (χ2n) is 5.24. The van der Waals surface area contributed by atoms with Gasteiger partial charge < -0.3 is 10.4 Å². The number of nitrogens with one attached hydrogen (secondary N) is 2. The normalized spacial score (nSPS) is 10.3. The maximum atomic E-state index is 12.3. The first-order valence-electron chi connectivity index (χ1n) is 7.43. The van der Waals surface area contributed by atoms with E-state index in [0.29, 0.717) is 33.8 Å². The van der Waals surface area contributed by atoms with E-state index in [1.54, 1.807) is 42.6 Å². The van der Waals surface area contributed by atoms with Crippen molar-refractivity contribution in [3.63, 3.8) is 0 Å². The molecule has 0 radical (unpaired) electrons. The zero-order valence-electron chi connectivity index (χ0n) is 13.2. The van der Waals surface area contributed by atoms with Gasteiger partial charge in [-0.2, -0.15) is 5.10 Å². The third-order valence-corrected chi connectivity index (χ3v) is 3.61. The maximum absolute atomic E-state index is 12.3. The fraction of sp³-hybridized carbons (Fsp3) is 0. The number of rotatable bonds is 3. The predicted octanol–water partition coefficient (Wildman–Crippen LogP) is 2.79. The van der Waals surface area contributed by atoms with Crippen LogP contribution in [0.1, 0.15) is 10.4 Å². The van der Waals surface area contributed by atoms with E-state index in [1.165, 1.54) is 12.4 Å². The van der Waals surface area contributed by atoms with Crippen LogP contribution in [0.5, 0.6) is 5.75 Å². The molecule has 4 rings (SSSR count). The monoisotopic (exact) mass is 368 g/mol. The van der Waals surface area contributed by atoms with E-state index >= 15 is 0 Å². The van der Waals surface area contributed by atoms with Gasteiger partial charge in [0.1, 0.15) is 5.75 Å². The molecule has 0 spiro atoms. The number of hydrogen-bond acceptors (Lipinski definition) is 6. The summed E-state index contributed by atoms with van der Waals surface area (Å²) in [5.74, 6) is 0.0858. The molecule has 0 aliphatic heterocycles. The number of pyridine rings is 1. The number of carbonyl (C=O) groups is 1. The Morgan fingerprint density at radius 3 is 2.73 bits per heavy atom. The molecule has 0 fully saturated rings. The molecule has 1 amide bonds. The highest BCUT2D eigenvalue weighted by atomic mass is 35.5. The third-order valence-electron chi connectivity index (χ3n) is 3.61. The first-order valence-corrected chi connectivity index (χ1v) is 7.43. The van der Waals surface area contributed by atoms with E-state index in [-0.39, 0.29) is 24.1 Å². The molecule has 0 saturated carbocycles. The van der Waals surface area contributed by atoms with Crippen molar-refractivity contribution in [1.29, 1.82) is 0 Å². The van der Waals surface area contributed by atoms with Gasteiger partial charge in [0.2, 0.25) is 5.65 Å². The lowest BCUT2D eigenvalue weighted by molar-refractivity contribution is 0.102. The van der Waals surface area contributed by atoms with Crippen LogP contribution in [0, 0.1) is 0 Å². The Morgan fingerprint density at radius 2 is 1.96 bits per heavy atom. The Balaban J connectivity index is 0.00000196. The van der Waals surface area contributed by atoms with Gasteiger partial charge in [-0.05, 0) is 24.3 Å². The summed E-state index contributed by atoms with van der Waals surface area (Å²) in [6, 6.07) is 10.2. The van der Waals surface area contributed by atoms with Crippen LogP contribution in [-0.2, 0) is 0 Å². The predicted molar refractivity (Wildman–Crippen MR) is 98.2 cm³/mol. The van der Waals surface area contributed by atoms with Crippen molar-refractivity contribution in [3.05, 3.63) is 60.6 Å². The van der Waals surface area contributed by atoms with Crippen LogP contribution in [0.25, 0.3) is 22.4 Å². The summed E-state index contributed by atoms with van der Waals surface area (Å²) in [5, 5.41) is 19.4. The van der Waals surface area contributed by atoms with Gasteiger partial charge in [-0.3, -0.25) is 14.9 Å². The van der Waals surface area contributed by atoms with Crippen molar-refractivity contribution in [2.75, 3.05) is 5.32 Å². The molecule has 3 N–H and O–H groups in total. The Hall–Kier alpha value is -3.52. The molecule has 0 saturated heterocycles. The number of aromatic amines is 1. The maximum Gasteiger partial charge on any atom is 0.258 e. The van der Waals surface area contributed by atoms with Crippen molar-refractivity contribution < 1.29 is 9.90 Å². The smallest absolute Gasteiger partial charge is 0.258 e. The number of halogens is 1. The van der Waals surface area contributed by atoms with E-state index in [0.717, 1.165) is 0 Å². The number of anilines is 1. The van der Waals surface area contributed by atoms with Crippen LogP contribution in [0.4, 0.5) is 5.82 Å². The quantitative estimate of drug-likeness (QED) is 0.512. The molecule has 4 aromatic rings. The van der Waals surface area contributed by atoms with Crippen LogP contribution < -0.4 is 5.32 Å². The first-order chi connectivity index (χ1) is 12.2. The molecule has 1 aromatic carbocycles. The van der Waals surface area contributed by atoms with Gasteiger partial charge >= 0.3 is 0 Å². The largest absolute Gasteiger partial charge is 0.507 e. The minimum absolute atomic E-state index is 0. The second-order valence-corrected chi connectivity index (χ2v) is 5.24. The molecule has 9 heteroatoms. The highest BCUT2D eigenvalue weighted by Crippen LogP contribution is 2.28. The van der Waals surface area contributed by atoms with Crippen LogP contribution in [-0.4, -0.2) is 36.2 Å². The Kier molecular flexibility index (Phi) is 4.76. The second kappa shape index (κ2) is 7.16. The highest BCUT2D eigenvalue weighted by molar-refractivity contribution is 6.06. The Bertz CT molecular complexity index is 1070. The van der Waals surface area contributed by atoms with Crippen LogP contribution in [0.2, 0.25) is 0 Å². The number of hydrogen-bond donors (Lipinski definition) is 3. The summed E-state index contributed by atoms with van der Waals surface area (Å²) < 4.78 is 0. The van der Waals surface area contributed by atoms with Crippen LogP contribution in [0.3, 0.4) is 0 Å². The van der Waals surface area contributed by atoms with Gasteiger partial charge in [0, 0.05) is 18.0 Å². The number of carbonyl (C=O) groups excluding carboxylic acids is 1. The van der Waals surface area contributed by atoms with Gasteiger partial charge in [-0.15, -0.1) is 12.4 Å². The van der Waals surface area contributed by atoms with E-state index in [2.05, 4.69) is 30.5 Å². The minimum Gasteiger partial charge on any atom is -0.507 e. The molecule has 0 atom stereocenters. The molecule has 0 aliphatic rings. The summed E-state index contributed by atoms with van der Waals surface area (Å²) in [6.45, 7) is 0. The lowest BCUT2D eigenvalue weighted by Crippen LogP contribution is -2.12. The van der Waals surface area contributed by atoms with Crippen molar-refractivity contribution in [1.82, 2.24) is 25.1 Å². The van der Waals surface area contributed by atoms with E-state index in [9.17, 15) is 9.90 Å². The number of benzene rings is 1. The zero-order valence-corrected chi connectivity index (χ0v) is 14.1. The van der Waals surface area contributed by atoms with Crippen molar-refractivity contribution >= 4 is 35.3 Å². The number of aromatic hydroxyl groups is 1. The molecule has 0 bridgehead atoms. The number of phenols is 1. The number of nitrogens with zero attached hydrogens (tertiary/aromatic N) is 4.